The zero-order valence-corrected chi connectivity index (χ0v) is 21.1. The topological polar surface area (TPSA) is 101 Å². The van der Waals surface area contributed by atoms with Gasteiger partial charge in [-0.05, 0) is 55.8 Å². The van der Waals surface area contributed by atoms with Gasteiger partial charge in [-0.25, -0.2) is 9.59 Å². The largest absolute Gasteiger partial charge is 0.478 e. The van der Waals surface area contributed by atoms with Crippen molar-refractivity contribution in [2.45, 2.75) is 19.9 Å². The van der Waals surface area contributed by atoms with Crippen LogP contribution in [0.4, 0.5) is 5.69 Å². The summed E-state index contributed by atoms with van der Waals surface area (Å²) in [5.41, 5.74) is 4.78. The highest BCUT2D eigenvalue weighted by molar-refractivity contribution is 6.32. The Bertz CT molecular complexity index is 1630. The third-order valence-electron chi connectivity index (χ3n) is 6.64. The Morgan fingerprint density at radius 3 is 2.29 bits per heavy atom. The van der Waals surface area contributed by atoms with Crippen molar-refractivity contribution >= 4 is 46.2 Å². The van der Waals surface area contributed by atoms with E-state index in [4.69, 9.17) is 4.74 Å². The highest BCUT2D eigenvalue weighted by Crippen LogP contribution is 2.39. The number of amides is 1. The van der Waals surface area contributed by atoms with E-state index in [1.165, 1.54) is 24.3 Å². The lowest BCUT2D eigenvalue weighted by Crippen LogP contribution is -2.21. The van der Waals surface area contributed by atoms with Gasteiger partial charge in [-0.3, -0.25) is 4.79 Å². The van der Waals surface area contributed by atoms with Crippen molar-refractivity contribution < 1.29 is 24.2 Å². The van der Waals surface area contributed by atoms with Gasteiger partial charge in [0.1, 0.15) is 6.04 Å². The normalized spacial score (nSPS) is 15.1. The highest BCUT2D eigenvalue weighted by atomic mass is 16.5. The molecule has 0 radical (unpaired) electrons. The number of hydrogen-bond acceptors (Lipinski definition) is 5. The molecule has 38 heavy (non-hydrogen) atoms. The van der Waals surface area contributed by atoms with Crippen LogP contribution < -0.4 is 5.01 Å². The molecule has 0 saturated heterocycles. The maximum absolute atomic E-state index is 13.6. The molecule has 8 heteroatoms. The quantitative estimate of drug-likeness (QED) is 0.273. The van der Waals surface area contributed by atoms with Crippen LogP contribution in [0.1, 0.15) is 35.8 Å². The third kappa shape index (κ3) is 4.16. The summed E-state index contributed by atoms with van der Waals surface area (Å²) in [6.07, 6.45) is 1.82. The minimum atomic E-state index is -1.05. The lowest BCUT2D eigenvalue weighted by Gasteiger charge is -2.17. The summed E-state index contributed by atoms with van der Waals surface area (Å²) in [6.45, 7) is 3.55. The van der Waals surface area contributed by atoms with E-state index < -0.39 is 12.0 Å². The molecule has 190 valence electrons. The van der Waals surface area contributed by atoms with Gasteiger partial charge in [-0.15, -0.1) is 0 Å². The summed E-state index contributed by atoms with van der Waals surface area (Å²) in [6, 6.07) is 22.8. The number of rotatable bonds is 6. The third-order valence-corrected chi connectivity index (χ3v) is 6.64. The SMILES string of the molecule is COC(=O)C(C)n1c(-c2ccccc2)c(C=C2C(=O)N(c3ccc(C(=O)O)cc3)N=C2C)c2ccccc21. The molecule has 2 heterocycles. The Hall–Kier alpha value is -4.98. The molecule has 1 unspecified atom stereocenters. The number of nitrogens with zero attached hydrogens (tertiary/aromatic N) is 3. The minimum absolute atomic E-state index is 0.122. The summed E-state index contributed by atoms with van der Waals surface area (Å²) < 4.78 is 7.02. The molecule has 1 N–H and O–H groups in total. The van der Waals surface area contributed by atoms with Crippen molar-refractivity contribution in [3.8, 4) is 11.3 Å². The lowest BCUT2D eigenvalue weighted by atomic mass is 10.0. The molecule has 1 aromatic heterocycles. The number of methoxy groups -OCH3 is 1. The van der Waals surface area contributed by atoms with Crippen LogP contribution in [0.5, 0.6) is 0 Å². The number of carboxylic acid groups (broad SMARTS) is 1. The fourth-order valence-electron chi connectivity index (χ4n) is 4.75. The second-order valence-electron chi connectivity index (χ2n) is 8.93. The first-order valence-electron chi connectivity index (χ1n) is 12.0. The fourth-order valence-corrected chi connectivity index (χ4v) is 4.75. The van der Waals surface area contributed by atoms with Crippen LogP contribution in [0, 0.1) is 0 Å². The smallest absolute Gasteiger partial charge is 0.335 e. The van der Waals surface area contributed by atoms with Crippen molar-refractivity contribution in [3.63, 3.8) is 0 Å². The monoisotopic (exact) mass is 507 g/mol. The number of hydrazone groups is 1. The Balaban J connectivity index is 1.69. The van der Waals surface area contributed by atoms with Crippen LogP contribution in [0.2, 0.25) is 0 Å². The average molecular weight is 508 g/mol. The summed E-state index contributed by atoms with van der Waals surface area (Å²) in [4.78, 5) is 37.5. The average Bonchev–Trinajstić information content (AvgIpc) is 3.42. The number of fused-ring (bicyclic) bond motifs is 1. The van der Waals surface area contributed by atoms with E-state index in [0.29, 0.717) is 17.0 Å². The van der Waals surface area contributed by atoms with E-state index >= 15 is 0 Å². The van der Waals surface area contributed by atoms with Crippen molar-refractivity contribution in [2.24, 2.45) is 5.10 Å². The van der Waals surface area contributed by atoms with Crippen molar-refractivity contribution in [2.75, 3.05) is 12.1 Å². The molecular weight excluding hydrogens is 482 g/mol. The zero-order chi connectivity index (χ0) is 27.0. The molecule has 0 spiro atoms. The van der Waals surface area contributed by atoms with Gasteiger partial charge >= 0.3 is 11.9 Å². The molecule has 1 atom stereocenters. The molecular formula is C30H25N3O5. The van der Waals surface area contributed by atoms with Crippen molar-refractivity contribution in [1.82, 2.24) is 4.57 Å². The fraction of sp³-hybridized carbons (Fsp3) is 0.133. The molecule has 1 aliphatic rings. The standard InChI is InChI=1S/C30H25N3O5/c1-18-24(28(34)33(31-18)22-15-13-21(14-16-22)29(35)36)17-25-23-11-7-8-12-26(23)32(19(2)30(37)38-3)27(25)20-9-5-4-6-10-20/h4-17,19H,1-3H3,(H,35,36). The molecule has 5 rings (SSSR count). The van der Waals surface area contributed by atoms with E-state index in [1.54, 1.807) is 26.0 Å². The molecule has 3 aromatic carbocycles. The number of para-hydroxylation sites is 1. The van der Waals surface area contributed by atoms with Gasteiger partial charge in [-0.1, -0.05) is 48.5 Å². The van der Waals surface area contributed by atoms with Crippen LogP contribution in [0.15, 0.2) is 89.5 Å². The van der Waals surface area contributed by atoms with Crippen LogP contribution >= 0.6 is 0 Å². The van der Waals surface area contributed by atoms with Crippen LogP contribution in [0.3, 0.4) is 0 Å². The van der Waals surface area contributed by atoms with E-state index in [-0.39, 0.29) is 17.4 Å². The Kier molecular flexibility index (Phi) is 6.38. The number of benzene rings is 3. The molecule has 0 fully saturated rings. The van der Waals surface area contributed by atoms with E-state index in [2.05, 4.69) is 5.10 Å². The maximum Gasteiger partial charge on any atom is 0.335 e. The maximum atomic E-state index is 13.6. The van der Waals surface area contributed by atoms with Gasteiger partial charge in [0.25, 0.3) is 5.91 Å². The number of anilines is 1. The van der Waals surface area contributed by atoms with Crippen LogP contribution in [-0.2, 0) is 14.3 Å². The Morgan fingerprint density at radius 2 is 1.63 bits per heavy atom. The number of carbonyl (C=O) groups excluding carboxylic acids is 2. The first-order valence-corrected chi connectivity index (χ1v) is 12.0. The summed E-state index contributed by atoms with van der Waals surface area (Å²) in [7, 11) is 1.37. The number of aromatic nitrogens is 1. The van der Waals surface area contributed by atoms with E-state index in [9.17, 15) is 19.5 Å². The lowest BCUT2D eigenvalue weighted by molar-refractivity contribution is -0.143. The van der Waals surface area contributed by atoms with Gasteiger partial charge < -0.3 is 14.4 Å². The predicted molar refractivity (Wildman–Crippen MR) is 146 cm³/mol. The van der Waals surface area contributed by atoms with Crippen molar-refractivity contribution in [3.05, 3.63) is 95.6 Å². The first kappa shape index (κ1) is 24.7. The molecule has 8 nitrogen and oxygen atoms in total. The van der Waals surface area contributed by atoms with E-state index in [1.807, 2.05) is 65.2 Å². The summed E-state index contributed by atoms with van der Waals surface area (Å²) >= 11 is 0. The van der Waals surface area contributed by atoms with E-state index in [0.717, 1.165) is 27.7 Å². The molecule has 0 aliphatic carbocycles. The van der Waals surface area contributed by atoms with Gasteiger partial charge in [0.15, 0.2) is 0 Å². The van der Waals surface area contributed by atoms with Gasteiger partial charge in [0.2, 0.25) is 0 Å². The number of carboxylic acids is 1. The zero-order valence-electron chi connectivity index (χ0n) is 21.1. The van der Waals surface area contributed by atoms with Gasteiger partial charge in [0.05, 0.1) is 35.3 Å². The number of carbonyl (C=O) groups is 3. The Morgan fingerprint density at radius 1 is 0.974 bits per heavy atom. The number of aromatic carboxylic acids is 1. The Labute approximate surface area is 219 Å². The molecule has 0 bridgehead atoms. The molecule has 1 aliphatic heterocycles. The highest BCUT2D eigenvalue weighted by Gasteiger charge is 2.31. The predicted octanol–water partition coefficient (Wildman–Crippen LogP) is 5.55. The molecule has 0 saturated carbocycles. The second kappa shape index (κ2) is 9.82. The number of esters is 1. The molecule has 1 amide bonds. The summed E-state index contributed by atoms with van der Waals surface area (Å²) in [5.74, 6) is -1.76. The summed E-state index contributed by atoms with van der Waals surface area (Å²) in [5, 5.41) is 15.8. The first-order chi connectivity index (χ1) is 18.3. The van der Waals surface area contributed by atoms with Gasteiger partial charge in [-0.2, -0.15) is 10.1 Å². The van der Waals surface area contributed by atoms with Crippen molar-refractivity contribution in [1.29, 1.82) is 0 Å². The number of ether oxygens (including phenoxy) is 1. The van der Waals surface area contributed by atoms with Crippen LogP contribution in [0.25, 0.3) is 28.2 Å². The number of hydrogen-bond donors (Lipinski definition) is 1. The van der Waals surface area contributed by atoms with Gasteiger partial charge in [0, 0.05) is 16.5 Å². The second-order valence-corrected chi connectivity index (χ2v) is 8.93. The van der Waals surface area contributed by atoms with Crippen LogP contribution in [-0.4, -0.2) is 40.3 Å². The minimum Gasteiger partial charge on any atom is -0.478 e. The molecule has 4 aromatic rings.